The minimum absolute atomic E-state index is 0.179. The average Bonchev–Trinajstić information content (AvgIpc) is 3.20. The molecule has 1 aliphatic heterocycles. The van der Waals surface area contributed by atoms with Crippen molar-refractivity contribution in [3.8, 4) is 0 Å². The summed E-state index contributed by atoms with van der Waals surface area (Å²) in [5.41, 5.74) is 1.58. The molecule has 0 radical (unpaired) electrons. The predicted octanol–water partition coefficient (Wildman–Crippen LogP) is 2.78. The van der Waals surface area contributed by atoms with Gasteiger partial charge in [-0.25, -0.2) is 14.4 Å². The summed E-state index contributed by atoms with van der Waals surface area (Å²) in [5, 5.41) is 11.0. The molecule has 4 rings (SSSR count). The number of anilines is 1. The monoisotopic (exact) mass is 367 g/mol. The Balaban J connectivity index is 1.58. The number of halogens is 1. The molecular weight excluding hydrogens is 354 g/mol. The Morgan fingerprint density at radius 3 is 2.54 bits per heavy atom. The summed E-state index contributed by atoms with van der Waals surface area (Å²) in [6, 6.07) is 15.2. The Bertz CT molecular complexity index is 972. The Hall–Kier alpha value is -3.19. The van der Waals surface area contributed by atoms with E-state index in [0.29, 0.717) is 17.1 Å². The van der Waals surface area contributed by atoms with Gasteiger partial charge in [0.25, 0.3) is 5.91 Å². The van der Waals surface area contributed by atoms with Crippen LogP contribution >= 0.6 is 11.6 Å². The van der Waals surface area contributed by atoms with E-state index in [1.807, 2.05) is 30.3 Å². The fourth-order valence-corrected chi connectivity index (χ4v) is 3.10. The van der Waals surface area contributed by atoms with Crippen LogP contribution in [0.5, 0.6) is 0 Å². The van der Waals surface area contributed by atoms with Crippen molar-refractivity contribution in [2.24, 2.45) is 0 Å². The van der Waals surface area contributed by atoms with E-state index in [1.54, 1.807) is 35.1 Å². The van der Waals surface area contributed by atoms with Crippen LogP contribution in [0.2, 0.25) is 5.02 Å². The maximum atomic E-state index is 12.7. The van der Waals surface area contributed by atoms with Crippen LogP contribution in [0.15, 0.2) is 60.8 Å². The first-order chi connectivity index (χ1) is 12.6. The fraction of sp³-hybridized carbons (Fsp3) is 0.111. The quantitative estimate of drug-likeness (QED) is 0.719. The lowest BCUT2D eigenvalue weighted by Gasteiger charge is -2.10. The number of benzene rings is 2. The number of carbonyl (C=O) groups excluding carboxylic acids is 2. The second kappa shape index (κ2) is 6.61. The lowest BCUT2D eigenvalue weighted by molar-refractivity contribution is -0.118. The first kappa shape index (κ1) is 16.3. The van der Waals surface area contributed by atoms with Crippen molar-refractivity contribution in [2.75, 3.05) is 4.90 Å². The molecule has 1 aromatic heterocycles. The van der Waals surface area contributed by atoms with Gasteiger partial charge >= 0.3 is 6.03 Å². The number of urea groups is 1. The van der Waals surface area contributed by atoms with Crippen LogP contribution in [0.1, 0.15) is 17.2 Å². The molecule has 3 aromatic rings. The fourth-order valence-electron chi connectivity index (χ4n) is 2.85. The molecule has 0 saturated carbocycles. The maximum absolute atomic E-state index is 12.7. The van der Waals surface area contributed by atoms with Gasteiger partial charge in [-0.15, -0.1) is 5.10 Å². The number of imide groups is 1. The van der Waals surface area contributed by atoms with E-state index >= 15 is 0 Å². The molecule has 1 unspecified atom stereocenters. The van der Waals surface area contributed by atoms with Gasteiger partial charge in [0.05, 0.1) is 12.7 Å². The Morgan fingerprint density at radius 1 is 1.04 bits per heavy atom. The zero-order valence-corrected chi connectivity index (χ0v) is 14.3. The zero-order chi connectivity index (χ0) is 18.1. The molecule has 0 spiro atoms. The second-order valence-corrected chi connectivity index (χ2v) is 6.24. The highest BCUT2D eigenvalue weighted by Gasteiger charge is 2.42. The van der Waals surface area contributed by atoms with E-state index in [9.17, 15) is 9.59 Å². The summed E-state index contributed by atoms with van der Waals surface area (Å²) in [4.78, 5) is 26.1. The highest BCUT2D eigenvalue weighted by Crippen LogP contribution is 2.29. The SMILES string of the molecule is O=C1NC(c2ccccc2Cl)C(=O)N1c1cn(Cc2ccccc2)nn1. The van der Waals surface area contributed by atoms with Gasteiger partial charge in [0.1, 0.15) is 6.04 Å². The Kier molecular flexibility index (Phi) is 4.14. The van der Waals surface area contributed by atoms with E-state index < -0.39 is 18.0 Å². The third-order valence-electron chi connectivity index (χ3n) is 4.10. The summed E-state index contributed by atoms with van der Waals surface area (Å²) in [7, 11) is 0. The number of amides is 3. The number of hydrogen-bond acceptors (Lipinski definition) is 4. The number of hydrogen-bond donors (Lipinski definition) is 1. The van der Waals surface area contributed by atoms with Crippen LogP contribution in [-0.2, 0) is 11.3 Å². The smallest absolute Gasteiger partial charge is 0.321 e. The minimum atomic E-state index is -0.838. The van der Waals surface area contributed by atoms with Crippen LogP contribution < -0.4 is 10.2 Å². The number of carbonyl (C=O) groups is 2. The molecule has 1 aliphatic rings. The van der Waals surface area contributed by atoms with E-state index in [0.717, 1.165) is 10.5 Å². The van der Waals surface area contributed by atoms with Crippen molar-refractivity contribution < 1.29 is 9.59 Å². The third kappa shape index (κ3) is 2.93. The molecule has 1 saturated heterocycles. The maximum Gasteiger partial charge on any atom is 0.331 e. The van der Waals surface area contributed by atoms with Gasteiger partial charge < -0.3 is 5.32 Å². The lowest BCUT2D eigenvalue weighted by atomic mass is 10.1. The van der Waals surface area contributed by atoms with Crippen molar-refractivity contribution in [1.82, 2.24) is 20.3 Å². The molecule has 7 nitrogen and oxygen atoms in total. The summed E-state index contributed by atoms with van der Waals surface area (Å²) in [5.74, 6) is -0.257. The Morgan fingerprint density at radius 2 is 1.77 bits per heavy atom. The van der Waals surface area contributed by atoms with E-state index in [4.69, 9.17) is 11.6 Å². The normalized spacial score (nSPS) is 16.8. The van der Waals surface area contributed by atoms with Crippen molar-refractivity contribution >= 4 is 29.4 Å². The van der Waals surface area contributed by atoms with Crippen LogP contribution in [0.25, 0.3) is 0 Å². The standard InChI is InChI=1S/C18H14ClN5O2/c19-14-9-5-4-8-13(14)16-17(25)24(18(26)20-16)15-11-23(22-21-15)10-12-6-2-1-3-7-12/h1-9,11,16H,10H2,(H,20,26). The van der Waals surface area contributed by atoms with Gasteiger partial charge in [-0.05, 0) is 11.6 Å². The molecule has 1 N–H and O–H groups in total. The molecule has 26 heavy (non-hydrogen) atoms. The topological polar surface area (TPSA) is 80.1 Å². The first-order valence-corrected chi connectivity index (χ1v) is 8.34. The van der Waals surface area contributed by atoms with Crippen LogP contribution in [0.4, 0.5) is 10.6 Å². The third-order valence-corrected chi connectivity index (χ3v) is 4.44. The molecule has 0 aliphatic carbocycles. The highest BCUT2D eigenvalue weighted by atomic mass is 35.5. The zero-order valence-electron chi connectivity index (χ0n) is 13.5. The average molecular weight is 368 g/mol. The van der Waals surface area contributed by atoms with Gasteiger partial charge in [0.2, 0.25) is 0 Å². The van der Waals surface area contributed by atoms with Crippen LogP contribution in [0, 0.1) is 0 Å². The van der Waals surface area contributed by atoms with Crippen molar-refractivity contribution in [3.63, 3.8) is 0 Å². The van der Waals surface area contributed by atoms with Gasteiger partial charge in [0, 0.05) is 10.6 Å². The predicted molar refractivity (Wildman–Crippen MR) is 95.8 cm³/mol. The summed E-state index contributed by atoms with van der Waals surface area (Å²) in [6.07, 6.45) is 1.57. The molecule has 8 heteroatoms. The first-order valence-electron chi connectivity index (χ1n) is 7.96. The van der Waals surface area contributed by atoms with Crippen LogP contribution in [-0.4, -0.2) is 26.9 Å². The minimum Gasteiger partial charge on any atom is -0.321 e. The lowest BCUT2D eigenvalue weighted by Crippen LogP contribution is -2.31. The van der Waals surface area contributed by atoms with Gasteiger partial charge in [-0.3, -0.25) is 4.79 Å². The van der Waals surface area contributed by atoms with Gasteiger partial charge in [0.15, 0.2) is 5.82 Å². The number of nitrogens with zero attached hydrogens (tertiary/aromatic N) is 4. The van der Waals surface area contributed by atoms with Crippen LogP contribution in [0.3, 0.4) is 0 Å². The summed E-state index contributed by atoms with van der Waals surface area (Å²) in [6.45, 7) is 0.491. The molecule has 1 fully saturated rings. The molecule has 1 atom stereocenters. The number of aromatic nitrogens is 3. The molecule has 3 amide bonds. The van der Waals surface area contributed by atoms with E-state index in [1.165, 1.54) is 0 Å². The van der Waals surface area contributed by atoms with Crippen molar-refractivity contribution in [2.45, 2.75) is 12.6 Å². The van der Waals surface area contributed by atoms with Crippen molar-refractivity contribution in [1.29, 1.82) is 0 Å². The van der Waals surface area contributed by atoms with Gasteiger partial charge in [-0.1, -0.05) is 65.3 Å². The second-order valence-electron chi connectivity index (χ2n) is 5.84. The van der Waals surface area contributed by atoms with Crippen molar-refractivity contribution in [3.05, 3.63) is 76.9 Å². The molecule has 130 valence electrons. The number of nitrogens with one attached hydrogen (secondary N) is 1. The molecule has 2 heterocycles. The highest BCUT2D eigenvalue weighted by molar-refractivity contribution is 6.32. The largest absolute Gasteiger partial charge is 0.331 e. The summed E-state index contributed by atoms with van der Waals surface area (Å²) >= 11 is 6.15. The molecule has 2 aromatic carbocycles. The molecular formula is C18H14ClN5O2. The summed E-state index contributed by atoms with van der Waals surface area (Å²) < 4.78 is 1.58. The Labute approximate surface area is 154 Å². The van der Waals surface area contributed by atoms with Gasteiger partial charge in [-0.2, -0.15) is 0 Å². The number of rotatable bonds is 4. The molecule has 0 bridgehead atoms. The van der Waals surface area contributed by atoms with E-state index in [2.05, 4.69) is 15.6 Å². The van der Waals surface area contributed by atoms with E-state index in [-0.39, 0.29) is 5.82 Å².